The molecule has 3 aromatic rings. The first-order valence-corrected chi connectivity index (χ1v) is 10.3. The number of primary sulfonamides is 1. The van der Waals surface area contributed by atoms with Gasteiger partial charge in [-0.1, -0.05) is 23.7 Å². The number of hydrogen-bond donors (Lipinski definition) is 1. The summed E-state index contributed by atoms with van der Waals surface area (Å²) in [5, 5.41) is 15.3. The number of benzene rings is 2. The Hall–Kier alpha value is -2.85. The van der Waals surface area contributed by atoms with Crippen molar-refractivity contribution >= 4 is 33.3 Å². The Morgan fingerprint density at radius 2 is 1.82 bits per heavy atom. The molecule has 0 amide bonds. The van der Waals surface area contributed by atoms with E-state index in [1.165, 1.54) is 12.1 Å². The normalized spacial score (nSPS) is 12.0. The Kier molecular flexibility index (Phi) is 5.43. The van der Waals surface area contributed by atoms with Gasteiger partial charge >= 0.3 is 0 Å². The third-order valence-electron chi connectivity index (χ3n) is 4.45. The van der Waals surface area contributed by atoms with Gasteiger partial charge in [-0.05, 0) is 73.5 Å². The molecule has 0 aliphatic carbocycles. The van der Waals surface area contributed by atoms with Crippen LogP contribution in [0, 0.1) is 25.2 Å². The summed E-state index contributed by atoms with van der Waals surface area (Å²) in [4.78, 5) is 0.0616. The summed E-state index contributed by atoms with van der Waals surface area (Å²) in [6.45, 7) is 3.89. The minimum Gasteiger partial charge on any atom is -0.318 e. The van der Waals surface area contributed by atoms with E-state index >= 15 is 0 Å². The molecule has 1 heterocycles. The largest absolute Gasteiger partial charge is 0.318 e. The average molecular weight is 412 g/mol. The van der Waals surface area contributed by atoms with Crippen LogP contribution in [0.2, 0.25) is 5.02 Å². The van der Waals surface area contributed by atoms with Crippen LogP contribution < -0.4 is 5.14 Å². The lowest BCUT2D eigenvalue weighted by molar-refractivity contribution is 0.598. The molecule has 2 aromatic carbocycles. The number of allylic oxidation sites excluding steroid dienone is 1. The fourth-order valence-electron chi connectivity index (χ4n) is 3.11. The monoisotopic (exact) mass is 411 g/mol. The number of aromatic nitrogens is 1. The van der Waals surface area contributed by atoms with Gasteiger partial charge in [0.05, 0.1) is 16.5 Å². The van der Waals surface area contributed by atoms with E-state index in [9.17, 15) is 13.7 Å². The Morgan fingerprint density at radius 3 is 2.39 bits per heavy atom. The maximum Gasteiger partial charge on any atom is 0.238 e. The summed E-state index contributed by atoms with van der Waals surface area (Å²) in [5.41, 5.74) is 4.84. The minimum atomic E-state index is -3.74. The van der Waals surface area contributed by atoms with Gasteiger partial charge in [0.2, 0.25) is 10.0 Å². The summed E-state index contributed by atoms with van der Waals surface area (Å²) in [6, 6.07) is 17.7. The molecule has 7 heteroatoms. The van der Waals surface area contributed by atoms with E-state index < -0.39 is 10.0 Å². The predicted octanol–water partition coefficient (Wildman–Crippen LogP) is 4.46. The van der Waals surface area contributed by atoms with Crippen LogP contribution in [0.25, 0.3) is 17.3 Å². The van der Waals surface area contributed by atoms with Crippen molar-refractivity contribution in [3.63, 3.8) is 0 Å². The molecule has 0 saturated carbocycles. The maximum atomic E-state index is 11.5. The standard InChI is InChI=1S/C21H18ClN3O2S/c1-14-10-17(11-18(13-23)16-4-3-5-19(22)12-16)15(2)25(14)20-6-8-21(9-7-20)28(24,26)27/h3-12H,1-2H3,(H2,24,26,27)/b18-11-. The molecule has 142 valence electrons. The summed E-state index contributed by atoms with van der Waals surface area (Å²) in [5.74, 6) is 0. The van der Waals surface area contributed by atoms with E-state index in [1.54, 1.807) is 30.3 Å². The molecule has 0 bridgehead atoms. The molecular weight excluding hydrogens is 394 g/mol. The van der Waals surface area contributed by atoms with E-state index in [2.05, 4.69) is 6.07 Å². The SMILES string of the molecule is Cc1cc(/C=C(/C#N)c2cccc(Cl)c2)c(C)n1-c1ccc(S(N)(=O)=O)cc1. The topological polar surface area (TPSA) is 88.9 Å². The number of rotatable bonds is 4. The first-order chi connectivity index (χ1) is 13.2. The quantitative estimate of drug-likeness (QED) is 0.642. The van der Waals surface area contributed by atoms with Crippen LogP contribution >= 0.6 is 11.6 Å². The van der Waals surface area contributed by atoms with Gasteiger partial charge < -0.3 is 4.57 Å². The minimum absolute atomic E-state index is 0.0616. The number of hydrogen-bond acceptors (Lipinski definition) is 3. The summed E-state index contributed by atoms with van der Waals surface area (Å²) >= 11 is 6.04. The zero-order valence-corrected chi connectivity index (χ0v) is 16.9. The molecule has 0 unspecified atom stereocenters. The van der Waals surface area contributed by atoms with Gasteiger partial charge in [-0.2, -0.15) is 5.26 Å². The van der Waals surface area contributed by atoms with Gasteiger partial charge in [0.25, 0.3) is 0 Å². The second-order valence-electron chi connectivity index (χ2n) is 6.38. The summed E-state index contributed by atoms with van der Waals surface area (Å²) in [7, 11) is -3.74. The third-order valence-corrected chi connectivity index (χ3v) is 5.61. The van der Waals surface area contributed by atoms with Crippen molar-refractivity contribution in [3.05, 3.63) is 82.1 Å². The smallest absolute Gasteiger partial charge is 0.238 e. The number of nitrogens with two attached hydrogens (primary N) is 1. The first-order valence-electron chi connectivity index (χ1n) is 8.40. The predicted molar refractivity (Wildman–Crippen MR) is 112 cm³/mol. The average Bonchev–Trinajstić information content (AvgIpc) is 2.92. The van der Waals surface area contributed by atoms with Gasteiger partial charge in [-0.3, -0.25) is 0 Å². The fourth-order valence-corrected chi connectivity index (χ4v) is 3.81. The maximum absolute atomic E-state index is 11.5. The van der Waals surface area contributed by atoms with Gasteiger partial charge in [0.15, 0.2) is 0 Å². The number of aryl methyl sites for hydroxylation is 1. The molecule has 0 saturated heterocycles. The van der Waals surface area contributed by atoms with Crippen LogP contribution in [0.4, 0.5) is 0 Å². The molecule has 1 aromatic heterocycles. The Bertz CT molecular complexity index is 1220. The third kappa shape index (κ3) is 4.02. The molecule has 0 aliphatic rings. The van der Waals surface area contributed by atoms with E-state index in [1.807, 2.05) is 36.6 Å². The molecule has 28 heavy (non-hydrogen) atoms. The highest BCUT2D eigenvalue weighted by atomic mass is 35.5. The van der Waals surface area contributed by atoms with Crippen molar-refractivity contribution in [2.24, 2.45) is 5.14 Å². The van der Waals surface area contributed by atoms with Crippen molar-refractivity contribution in [1.82, 2.24) is 4.57 Å². The van der Waals surface area contributed by atoms with E-state index in [4.69, 9.17) is 16.7 Å². The molecule has 5 nitrogen and oxygen atoms in total. The molecule has 0 atom stereocenters. The van der Waals surface area contributed by atoms with Crippen molar-refractivity contribution in [3.8, 4) is 11.8 Å². The van der Waals surface area contributed by atoms with Crippen molar-refractivity contribution in [1.29, 1.82) is 5.26 Å². The lowest BCUT2D eigenvalue weighted by Gasteiger charge is -2.10. The first kappa shape index (κ1) is 19.9. The Morgan fingerprint density at radius 1 is 1.14 bits per heavy atom. The molecule has 0 spiro atoms. The van der Waals surface area contributed by atoms with Gasteiger partial charge in [-0.25, -0.2) is 13.6 Å². The van der Waals surface area contributed by atoms with Crippen LogP contribution in [0.15, 0.2) is 59.5 Å². The van der Waals surface area contributed by atoms with Gasteiger partial charge in [0.1, 0.15) is 0 Å². The number of sulfonamides is 1. The van der Waals surface area contributed by atoms with Gasteiger partial charge in [0, 0.05) is 22.1 Å². The fraction of sp³-hybridized carbons (Fsp3) is 0.0952. The highest BCUT2D eigenvalue weighted by Crippen LogP contribution is 2.26. The number of halogens is 1. The highest BCUT2D eigenvalue weighted by molar-refractivity contribution is 7.89. The number of nitriles is 1. The van der Waals surface area contributed by atoms with Gasteiger partial charge in [-0.15, -0.1) is 0 Å². The lowest BCUT2D eigenvalue weighted by atomic mass is 10.0. The molecule has 2 N–H and O–H groups in total. The van der Waals surface area contributed by atoms with E-state index in [0.29, 0.717) is 10.6 Å². The second-order valence-corrected chi connectivity index (χ2v) is 8.38. The second kappa shape index (κ2) is 7.64. The molecular formula is C21H18ClN3O2S. The molecule has 3 rings (SSSR count). The molecule has 0 radical (unpaired) electrons. The Labute approximate surface area is 169 Å². The van der Waals surface area contributed by atoms with E-state index in [0.717, 1.165) is 28.2 Å². The van der Waals surface area contributed by atoms with Crippen LogP contribution in [0.3, 0.4) is 0 Å². The lowest BCUT2D eigenvalue weighted by Crippen LogP contribution is -2.12. The highest BCUT2D eigenvalue weighted by Gasteiger charge is 2.13. The molecule has 0 aliphatic heterocycles. The van der Waals surface area contributed by atoms with Crippen molar-refractivity contribution < 1.29 is 8.42 Å². The zero-order valence-electron chi connectivity index (χ0n) is 15.3. The summed E-state index contributed by atoms with van der Waals surface area (Å²) in [6.07, 6.45) is 1.82. The van der Waals surface area contributed by atoms with Crippen molar-refractivity contribution in [2.45, 2.75) is 18.7 Å². The van der Waals surface area contributed by atoms with Crippen LogP contribution in [-0.4, -0.2) is 13.0 Å². The van der Waals surface area contributed by atoms with E-state index in [-0.39, 0.29) is 4.90 Å². The van der Waals surface area contributed by atoms with Crippen LogP contribution in [-0.2, 0) is 10.0 Å². The van der Waals surface area contributed by atoms with Crippen LogP contribution in [0.5, 0.6) is 0 Å². The molecule has 0 fully saturated rings. The Balaban J connectivity index is 2.06. The van der Waals surface area contributed by atoms with Crippen molar-refractivity contribution in [2.75, 3.05) is 0 Å². The van der Waals surface area contributed by atoms with Crippen LogP contribution in [0.1, 0.15) is 22.5 Å². The zero-order chi connectivity index (χ0) is 20.5. The summed E-state index contributed by atoms with van der Waals surface area (Å²) < 4.78 is 24.9. The number of nitrogens with zero attached hydrogens (tertiary/aromatic N) is 2.